The molecular weight excluding hydrogens is 306 g/mol. The third-order valence-corrected chi connectivity index (χ3v) is 6.39. The van der Waals surface area contributed by atoms with Gasteiger partial charge in [0, 0.05) is 12.8 Å². The van der Waals surface area contributed by atoms with E-state index in [9.17, 15) is 0 Å². The average Bonchev–Trinajstić information content (AvgIpc) is 2.58. The topological polar surface area (TPSA) is 13.7 Å². The smallest absolute Gasteiger partial charge is 0.118 e. The summed E-state index contributed by atoms with van der Waals surface area (Å²) in [6.07, 6.45) is 8.40. The first-order chi connectivity index (χ1) is 10.8. The summed E-state index contributed by atoms with van der Waals surface area (Å²) >= 11 is 0. The van der Waals surface area contributed by atoms with E-state index in [1.807, 2.05) is 11.1 Å². The van der Waals surface area contributed by atoms with E-state index in [2.05, 4.69) is 31.3 Å². The molecule has 5 rings (SSSR count). The van der Waals surface area contributed by atoms with Crippen molar-refractivity contribution in [3.05, 3.63) is 41.0 Å². The predicted octanol–water partition coefficient (Wildman–Crippen LogP) is -0.355. The molecule has 1 aromatic rings. The van der Waals surface area contributed by atoms with Gasteiger partial charge in [0.15, 0.2) is 0 Å². The molecule has 4 aliphatic rings. The molecule has 1 heterocycles. The Bertz CT molecular complexity index is 572. The molecule has 0 aromatic heterocycles. The lowest BCUT2D eigenvalue weighted by molar-refractivity contribution is -0.902. The molecule has 0 saturated heterocycles. The highest BCUT2D eigenvalue weighted by atomic mass is 35.5. The van der Waals surface area contributed by atoms with Crippen LogP contribution >= 0.6 is 0 Å². The number of rotatable bonds is 3. The summed E-state index contributed by atoms with van der Waals surface area (Å²) in [5.41, 5.74) is 5.22. The van der Waals surface area contributed by atoms with Crippen LogP contribution in [0.3, 0.4) is 0 Å². The van der Waals surface area contributed by atoms with Gasteiger partial charge in [0.05, 0.1) is 20.7 Å². The molecule has 1 aromatic carbocycles. The summed E-state index contributed by atoms with van der Waals surface area (Å²) in [6, 6.07) is 9.43. The van der Waals surface area contributed by atoms with E-state index >= 15 is 0 Å². The van der Waals surface area contributed by atoms with Gasteiger partial charge in [0.25, 0.3) is 0 Å². The standard InChI is InChI=1S/C20H27NO.ClH/c1-21-12-11-18-15-5-7-16(8-6-15)20(18)19(21)13-14-3-9-17(22-2)10-4-14;/h3-4,9-10,15-16,19H,5-8,11-13H2,1-2H3;1H. The molecule has 23 heavy (non-hydrogen) atoms. The summed E-state index contributed by atoms with van der Waals surface area (Å²) in [4.78, 5) is 1.72. The predicted molar refractivity (Wildman–Crippen MR) is 89.3 cm³/mol. The zero-order valence-corrected chi connectivity index (χ0v) is 15.0. The molecule has 0 radical (unpaired) electrons. The molecule has 0 amide bonds. The van der Waals surface area contributed by atoms with E-state index in [-0.39, 0.29) is 12.4 Å². The number of hydrogen-bond acceptors (Lipinski definition) is 1. The lowest BCUT2D eigenvalue weighted by atomic mass is 9.62. The maximum absolute atomic E-state index is 5.29. The van der Waals surface area contributed by atoms with Gasteiger partial charge in [0.1, 0.15) is 11.8 Å². The van der Waals surface area contributed by atoms with Gasteiger partial charge in [-0.05, 0) is 60.8 Å². The lowest BCUT2D eigenvalue weighted by Crippen LogP contribution is -3.14. The molecule has 2 nitrogen and oxygen atoms in total. The number of halogens is 1. The second kappa shape index (κ2) is 6.86. The van der Waals surface area contributed by atoms with Gasteiger partial charge >= 0.3 is 0 Å². The van der Waals surface area contributed by atoms with Gasteiger partial charge in [-0.2, -0.15) is 0 Å². The molecule has 1 fully saturated rings. The second-order valence-electron chi connectivity index (χ2n) is 7.48. The Morgan fingerprint density at radius 3 is 2.35 bits per heavy atom. The maximum Gasteiger partial charge on any atom is 0.118 e. The van der Waals surface area contributed by atoms with Crippen LogP contribution in [0.4, 0.5) is 0 Å². The SMILES string of the molecule is COc1ccc(CC2C3=C(CC[NH+]2C)C2CCC3CC2)cc1.[Cl-]. The van der Waals surface area contributed by atoms with Crippen LogP contribution in [-0.2, 0) is 6.42 Å². The summed E-state index contributed by atoms with van der Waals surface area (Å²) in [7, 11) is 4.14. The number of quaternary nitrogens is 1. The Hall–Kier alpha value is -0.990. The van der Waals surface area contributed by atoms with Gasteiger partial charge in [0.2, 0.25) is 0 Å². The van der Waals surface area contributed by atoms with Crippen molar-refractivity contribution in [2.24, 2.45) is 11.8 Å². The number of nitrogens with one attached hydrogen (secondary N) is 1. The maximum atomic E-state index is 5.29. The van der Waals surface area contributed by atoms with Crippen molar-refractivity contribution in [2.45, 2.75) is 44.6 Å². The molecule has 3 heteroatoms. The normalized spacial score (nSPS) is 32.3. The van der Waals surface area contributed by atoms with Crippen LogP contribution in [0.1, 0.15) is 37.7 Å². The highest BCUT2D eigenvalue weighted by Gasteiger charge is 2.43. The van der Waals surface area contributed by atoms with Crippen molar-refractivity contribution in [3.8, 4) is 5.75 Å². The van der Waals surface area contributed by atoms with Crippen LogP contribution in [0, 0.1) is 11.8 Å². The van der Waals surface area contributed by atoms with Gasteiger partial charge in [-0.15, -0.1) is 0 Å². The Morgan fingerprint density at radius 1 is 1.04 bits per heavy atom. The zero-order chi connectivity index (χ0) is 15.1. The van der Waals surface area contributed by atoms with Crippen molar-refractivity contribution >= 4 is 0 Å². The highest BCUT2D eigenvalue weighted by molar-refractivity contribution is 5.33. The molecule has 3 aliphatic carbocycles. The van der Waals surface area contributed by atoms with Crippen LogP contribution in [-0.4, -0.2) is 26.7 Å². The summed E-state index contributed by atoms with van der Waals surface area (Å²) < 4.78 is 5.29. The zero-order valence-electron chi connectivity index (χ0n) is 14.3. The van der Waals surface area contributed by atoms with E-state index in [0.717, 1.165) is 17.6 Å². The van der Waals surface area contributed by atoms with Crippen LogP contribution in [0.25, 0.3) is 0 Å². The number of likely N-dealkylation sites (N-methyl/N-ethyl adjacent to an activating group) is 1. The molecule has 0 spiro atoms. The third kappa shape index (κ3) is 3.04. The number of methoxy groups -OCH3 is 1. The van der Waals surface area contributed by atoms with Gasteiger partial charge in [-0.25, -0.2) is 0 Å². The highest BCUT2D eigenvalue weighted by Crippen LogP contribution is 2.48. The molecule has 1 N–H and O–H groups in total. The minimum absolute atomic E-state index is 0. The Morgan fingerprint density at radius 2 is 1.70 bits per heavy atom. The minimum Gasteiger partial charge on any atom is -1.00 e. The second-order valence-corrected chi connectivity index (χ2v) is 7.48. The van der Waals surface area contributed by atoms with E-state index in [1.165, 1.54) is 50.6 Å². The molecule has 2 atom stereocenters. The Labute approximate surface area is 146 Å². The number of benzene rings is 1. The van der Waals surface area contributed by atoms with Gasteiger partial charge < -0.3 is 22.0 Å². The van der Waals surface area contributed by atoms with Crippen molar-refractivity contribution in [2.75, 3.05) is 20.7 Å². The number of hydrogen-bond donors (Lipinski definition) is 1. The lowest BCUT2D eigenvalue weighted by Gasteiger charge is -2.47. The largest absolute Gasteiger partial charge is 1.00 e. The molecule has 2 unspecified atom stereocenters. The van der Waals surface area contributed by atoms with E-state index in [4.69, 9.17) is 4.74 Å². The van der Waals surface area contributed by atoms with Crippen molar-refractivity contribution in [1.29, 1.82) is 0 Å². The quantitative estimate of drug-likeness (QED) is 0.746. The monoisotopic (exact) mass is 333 g/mol. The van der Waals surface area contributed by atoms with Crippen LogP contribution in [0.5, 0.6) is 5.75 Å². The minimum atomic E-state index is 0. The van der Waals surface area contributed by atoms with Crippen LogP contribution in [0.2, 0.25) is 0 Å². The Balaban J connectivity index is 0.00000156. The molecule has 1 saturated carbocycles. The van der Waals surface area contributed by atoms with Crippen LogP contribution in [0.15, 0.2) is 35.4 Å². The van der Waals surface area contributed by atoms with E-state index in [1.54, 1.807) is 12.0 Å². The first-order valence-electron chi connectivity index (χ1n) is 8.94. The van der Waals surface area contributed by atoms with Crippen molar-refractivity contribution in [3.63, 3.8) is 0 Å². The fourth-order valence-electron chi connectivity index (χ4n) is 5.16. The molecule has 2 bridgehead atoms. The summed E-state index contributed by atoms with van der Waals surface area (Å²) in [5, 5.41) is 0. The van der Waals surface area contributed by atoms with Gasteiger partial charge in [-0.1, -0.05) is 17.7 Å². The molecule has 126 valence electrons. The summed E-state index contributed by atoms with van der Waals surface area (Å²) in [6.45, 7) is 1.32. The fourth-order valence-corrected chi connectivity index (χ4v) is 5.16. The summed E-state index contributed by atoms with van der Waals surface area (Å²) in [5.74, 6) is 2.80. The average molecular weight is 334 g/mol. The van der Waals surface area contributed by atoms with E-state index in [0.29, 0.717) is 6.04 Å². The Kier molecular flexibility index (Phi) is 5.03. The van der Waals surface area contributed by atoms with Crippen LogP contribution < -0.4 is 22.0 Å². The first kappa shape index (κ1) is 16.9. The number of ether oxygens (including phenoxy) is 1. The van der Waals surface area contributed by atoms with Crippen molar-refractivity contribution < 1.29 is 22.0 Å². The van der Waals surface area contributed by atoms with E-state index < -0.39 is 0 Å². The molecule has 1 aliphatic heterocycles. The first-order valence-corrected chi connectivity index (χ1v) is 8.94. The third-order valence-electron chi connectivity index (χ3n) is 6.39. The van der Waals surface area contributed by atoms with Crippen molar-refractivity contribution in [1.82, 2.24) is 0 Å². The fraction of sp³-hybridized carbons (Fsp3) is 0.600. The van der Waals surface area contributed by atoms with Gasteiger partial charge in [-0.3, -0.25) is 0 Å². The number of fused-ring (bicyclic) bond motifs is 2. The molecular formula is C20H28ClNO.